The van der Waals surface area contributed by atoms with E-state index in [9.17, 15) is 0 Å². The molecule has 2 rings (SSSR count). The summed E-state index contributed by atoms with van der Waals surface area (Å²) in [6.07, 6.45) is 0. The van der Waals surface area contributed by atoms with Gasteiger partial charge in [-0.2, -0.15) is 0 Å². The van der Waals surface area contributed by atoms with Gasteiger partial charge in [0.1, 0.15) is 5.15 Å². The van der Waals surface area contributed by atoms with Crippen LogP contribution in [0.5, 0.6) is 0 Å². The molecule has 2 aromatic rings. The van der Waals surface area contributed by atoms with Gasteiger partial charge in [0.2, 0.25) is 0 Å². The quantitative estimate of drug-likeness (QED) is 0.502. The number of benzene rings is 1. The lowest BCUT2D eigenvalue weighted by molar-refractivity contribution is 1.41. The molecule has 1 aromatic heterocycles. The van der Waals surface area contributed by atoms with Gasteiger partial charge >= 0.3 is 0 Å². The Morgan fingerprint density at radius 2 is 2.00 bits per heavy atom. The Hall–Kier alpha value is -0.860. The van der Waals surface area contributed by atoms with Crippen molar-refractivity contribution in [1.82, 2.24) is 4.98 Å². The highest BCUT2D eigenvalue weighted by molar-refractivity contribution is 7.71. The molecule has 0 radical (unpaired) electrons. The molecule has 0 fully saturated rings. The molecule has 0 unspecified atom stereocenters. The maximum absolute atomic E-state index is 5.80. The molecule has 1 heterocycles. The number of aromatic amines is 1. The third-order valence-electron chi connectivity index (χ3n) is 1.70. The van der Waals surface area contributed by atoms with Crippen molar-refractivity contribution in [2.24, 2.45) is 0 Å². The second-order valence-corrected chi connectivity index (χ2v) is 3.37. The smallest absolute Gasteiger partial charge is 0.108 e. The standard InChI is InChI=1S/C9H6ClNS/c10-9-5-8(12)6-3-1-2-4-7(6)11-9/h1-5H,(H,11,12). The second kappa shape index (κ2) is 2.88. The zero-order valence-corrected chi connectivity index (χ0v) is 7.75. The average molecular weight is 196 g/mol. The highest BCUT2D eigenvalue weighted by Gasteiger charge is 1.94. The number of halogens is 1. The van der Waals surface area contributed by atoms with Crippen LogP contribution in [-0.2, 0) is 0 Å². The lowest BCUT2D eigenvalue weighted by Crippen LogP contribution is -1.79. The fraction of sp³-hybridized carbons (Fsp3) is 0. The van der Waals surface area contributed by atoms with Gasteiger partial charge in [0.25, 0.3) is 0 Å². The van der Waals surface area contributed by atoms with E-state index < -0.39 is 0 Å². The number of hydrogen-bond donors (Lipinski definition) is 1. The molecule has 0 saturated carbocycles. The SMILES string of the molecule is S=c1cc(Cl)[nH]c2ccccc12. The summed E-state index contributed by atoms with van der Waals surface area (Å²) in [6, 6.07) is 9.59. The summed E-state index contributed by atoms with van der Waals surface area (Å²) < 4.78 is 0.786. The predicted molar refractivity (Wildman–Crippen MR) is 54.1 cm³/mol. The molecule has 0 aliphatic heterocycles. The van der Waals surface area contributed by atoms with Gasteiger partial charge in [0.05, 0.1) is 0 Å². The number of nitrogens with one attached hydrogen (secondary N) is 1. The molecule has 0 amide bonds. The van der Waals surface area contributed by atoms with Gasteiger partial charge in [-0.3, -0.25) is 0 Å². The van der Waals surface area contributed by atoms with Crippen LogP contribution < -0.4 is 0 Å². The summed E-state index contributed by atoms with van der Waals surface area (Å²) >= 11 is 10.9. The van der Waals surface area contributed by atoms with Gasteiger partial charge in [-0.05, 0) is 12.1 Å². The van der Waals surface area contributed by atoms with Gasteiger partial charge < -0.3 is 4.98 Å². The van der Waals surface area contributed by atoms with Crippen LogP contribution in [0.25, 0.3) is 10.9 Å². The summed E-state index contributed by atoms with van der Waals surface area (Å²) in [5.74, 6) is 0. The van der Waals surface area contributed by atoms with E-state index in [1.165, 1.54) is 0 Å². The molecule has 0 atom stereocenters. The maximum Gasteiger partial charge on any atom is 0.108 e. The van der Waals surface area contributed by atoms with Gasteiger partial charge in [-0.25, -0.2) is 0 Å². The lowest BCUT2D eigenvalue weighted by atomic mass is 10.2. The van der Waals surface area contributed by atoms with E-state index >= 15 is 0 Å². The lowest BCUT2D eigenvalue weighted by Gasteiger charge is -1.97. The van der Waals surface area contributed by atoms with E-state index in [0.29, 0.717) is 5.15 Å². The minimum atomic E-state index is 0.582. The first-order valence-electron chi connectivity index (χ1n) is 3.55. The Morgan fingerprint density at radius 1 is 1.25 bits per heavy atom. The molecule has 1 nitrogen and oxygen atoms in total. The van der Waals surface area contributed by atoms with Crippen LogP contribution in [0.1, 0.15) is 0 Å². The number of para-hydroxylation sites is 1. The van der Waals surface area contributed by atoms with Gasteiger partial charge in [-0.15, -0.1) is 0 Å². The first-order valence-corrected chi connectivity index (χ1v) is 4.33. The average Bonchev–Trinajstić information content (AvgIpc) is 2.04. The Bertz CT molecular complexity index is 475. The molecule has 0 spiro atoms. The van der Waals surface area contributed by atoms with Crippen molar-refractivity contribution < 1.29 is 0 Å². The van der Waals surface area contributed by atoms with Crippen molar-refractivity contribution >= 4 is 34.7 Å². The molecule has 0 bridgehead atoms. The van der Waals surface area contributed by atoms with E-state index in [4.69, 9.17) is 23.8 Å². The van der Waals surface area contributed by atoms with Crippen LogP contribution in [-0.4, -0.2) is 4.98 Å². The van der Waals surface area contributed by atoms with Crippen molar-refractivity contribution in [3.05, 3.63) is 40.0 Å². The minimum absolute atomic E-state index is 0.582. The number of hydrogen-bond acceptors (Lipinski definition) is 1. The molecule has 3 heteroatoms. The van der Waals surface area contributed by atoms with E-state index in [1.54, 1.807) is 6.07 Å². The zero-order chi connectivity index (χ0) is 8.55. The molecular formula is C9H6ClNS. The Morgan fingerprint density at radius 3 is 2.83 bits per heavy atom. The first kappa shape index (κ1) is 7.77. The van der Waals surface area contributed by atoms with E-state index in [-0.39, 0.29) is 0 Å². The van der Waals surface area contributed by atoms with E-state index in [1.807, 2.05) is 24.3 Å². The zero-order valence-electron chi connectivity index (χ0n) is 6.17. The number of fused-ring (bicyclic) bond motifs is 1. The number of aromatic nitrogens is 1. The second-order valence-electron chi connectivity index (χ2n) is 2.53. The predicted octanol–water partition coefficient (Wildman–Crippen LogP) is 3.55. The highest BCUT2D eigenvalue weighted by atomic mass is 35.5. The third-order valence-corrected chi connectivity index (χ3v) is 2.25. The molecule has 12 heavy (non-hydrogen) atoms. The summed E-state index contributed by atoms with van der Waals surface area (Å²) in [5.41, 5.74) is 0.981. The Kier molecular flexibility index (Phi) is 1.87. The normalized spacial score (nSPS) is 10.4. The number of rotatable bonds is 0. The van der Waals surface area contributed by atoms with Crippen LogP contribution in [0.4, 0.5) is 0 Å². The highest BCUT2D eigenvalue weighted by Crippen LogP contribution is 2.16. The van der Waals surface area contributed by atoms with Gasteiger partial charge in [0.15, 0.2) is 0 Å². The first-order chi connectivity index (χ1) is 5.77. The third kappa shape index (κ3) is 1.24. The fourth-order valence-corrected chi connectivity index (χ4v) is 1.74. The van der Waals surface area contributed by atoms with Crippen molar-refractivity contribution in [2.45, 2.75) is 0 Å². The maximum atomic E-state index is 5.80. The van der Waals surface area contributed by atoms with E-state index in [0.717, 1.165) is 15.4 Å². The van der Waals surface area contributed by atoms with Crippen LogP contribution in [0.15, 0.2) is 30.3 Å². The monoisotopic (exact) mass is 195 g/mol. The minimum Gasteiger partial charge on any atom is -0.346 e. The Labute approximate surface area is 80.0 Å². The van der Waals surface area contributed by atoms with E-state index in [2.05, 4.69) is 4.98 Å². The molecule has 1 aromatic carbocycles. The number of H-pyrrole nitrogens is 1. The molecule has 1 N–H and O–H groups in total. The van der Waals surface area contributed by atoms with Crippen molar-refractivity contribution in [3.8, 4) is 0 Å². The van der Waals surface area contributed by atoms with Crippen LogP contribution in [0, 0.1) is 4.51 Å². The van der Waals surface area contributed by atoms with Crippen molar-refractivity contribution in [2.75, 3.05) is 0 Å². The van der Waals surface area contributed by atoms with Gasteiger partial charge in [0, 0.05) is 15.4 Å². The summed E-state index contributed by atoms with van der Waals surface area (Å²) in [6.45, 7) is 0. The molecule has 0 saturated heterocycles. The Balaban J connectivity index is 2.99. The van der Waals surface area contributed by atoms with Crippen LogP contribution >= 0.6 is 23.8 Å². The number of pyridine rings is 1. The van der Waals surface area contributed by atoms with Crippen LogP contribution in [0.2, 0.25) is 5.15 Å². The molecule has 0 aliphatic rings. The van der Waals surface area contributed by atoms with Gasteiger partial charge in [-0.1, -0.05) is 42.0 Å². The molecule has 0 aliphatic carbocycles. The summed E-state index contributed by atoms with van der Waals surface area (Å²) in [4.78, 5) is 3.03. The van der Waals surface area contributed by atoms with Crippen molar-refractivity contribution in [3.63, 3.8) is 0 Å². The largest absolute Gasteiger partial charge is 0.346 e. The summed E-state index contributed by atoms with van der Waals surface area (Å²) in [5, 5.41) is 1.62. The fourth-order valence-electron chi connectivity index (χ4n) is 1.16. The molecular weight excluding hydrogens is 190 g/mol. The topological polar surface area (TPSA) is 15.8 Å². The summed E-state index contributed by atoms with van der Waals surface area (Å²) in [7, 11) is 0. The van der Waals surface area contributed by atoms with Crippen molar-refractivity contribution in [1.29, 1.82) is 0 Å². The molecule has 60 valence electrons. The van der Waals surface area contributed by atoms with Crippen LogP contribution in [0.3, 0.4) is 0 Å².